The molecule has 2 aromatic rings. The van der Waals surface area contributed by atoms with Crippen LogP contribution >= 0.6 is 0 Å². The van der Waals surface area contributed by atoms with Crippen molar-refractivity contribution in [2.75, 3.05) is 51.8 Å². The van der Waals surface area contributed by atoms with Crippen molar-refractivity contribution in [1.29, 1.82) is 0 Å². The van der Waals surface area contributed by atoms with Crippen LogP contribution < -0.4 is 10.6 Å². The molecule has 0 spiro atoms. The lowest BCUT2D eigenvalue weighted by Crippen LogP contribution is -2.44. The van der Waals surface area contributed by atoms with Gasteiger partial charge < -0.3 is 20.1 Å². The first-order valence-corrected chi connectivity index (χ1v) is 13.6. The first-order valence-electron chi connectivity index (χ1n) is 13.6. The Morgan fingerprint density at radius 2 is 1.92 bits per heavy atom. The maximum Gasteiger partial charge on any atom is 0.328 e. The number of benzene rings is 1. The van der Waals surface area contributed by atoms with Crippen molar-refractivity contribution in [3.8, 4) is 0 Å². The highest BCUT2D eigenvalue weighted by Crippen LogP contribution is 2.28. The van der Waals surface area contributed by atoms with Gasteiger partial charge in [-0.3, -0.25) is 9.69 Å². The molecule has 1 unspecified atom stereocenters. The number of carbonyl (C=O) groups excluding carboxylic acids is 2. The molecule has 0 radical (unpaired) electrons. The van der Waals surface area contributed by atoms with Gasteiger partial charge in [0.25, 0.3) is 0 Å². The molecule has 8 nitrogen and oxygen atoms in total. The highest BCUT2D eigenvalue weighted by molar-refractivity contribution is 5.79. The number of nitrogens with one attached hydrogen (secondary N) is 2. The third-order valence-corrected chi connectivity index (χ3v) is 7.20. The number of aryl methyl sites for hydroxylation is 2. The summed E-state index contributed by atoms with van der Waals surface area (Å²) < 4.78 is 10.6. The van der Waals surface area contributed by atoms with Crippen LogP contribution in [0.2, 0.25) is 0 Å². The number of hydrogen-bond acceptors (Lipinski definition) is 7. The first-order chi connectivity index (χ1) is 18.2. The number of anilines is 1. The maximum atomic E-state index is 13.0. The molecule has 1 aromatic carbocycles. The fourth-order valence-electron chi connectivity index (χ4n) is 5.14. The molecule has 37 heavy (non-hydrogen) atoms. The number of methoxy groups -OCH3 is 1. The van der Waals surface area contributed by atoms with E-state index in [-0.39, 0.29) is 17.8 Å². The maximum absolute atomic E-state index is 13.0. The number of amides is 1. The van der Waals surface area contributed by atoms with Crippen molar-refractivity contribution >= 4 is 17.7 Å². The van der Waals surface area contributed by atoms with Crippen LogP contribution in [0.15, 0.2) is 42.5 Å². The van der Waals surface area contributed by atoms with E-state index in [9.17, 15) is 9.59 Å². The second-order valence-corrected chi connectivity index (χ2v) is 9.87. The minimum atomic E-state index is -0.452. The van der Waals surface area contributed by atoms with Gasteiger partial charge in [0.2, 0.25) is 5.91 Å². The number of rotatable bonds is 12. The van der Waals surface area contributed by atoms with Gasteiger partial charge in [0.15, 0.2) is 0 Å². The zero-order valence-electron chi connectivity index (χ0n) is 21.9. The second-order valence-electron chi connectivity index (χ2n) is 9.87. The van der Waals surface area contributed by atoms with Crippen LogP contribution in [-0.4, -0.2) is 68.3 Å². The van der Waals surface area contributed by atoms with E-state index in [1.54, 1.807) is 7.11 Å². The Hall–Kier alpha value is -2.97. The normalized spacial score (nSPS) is 16.9. The largest absolute Gasteiger partial charge is 0.464 e. The van der Waals surface area contributed by atoms with E-state index in [0.717, 1.165) is 62.1 Å². The zero-order valence-corrected chi connectivity index (χ0v) is 21.9. The Bertz CT molecular complexity index is 1010. The lowest BCUT2D eigenvalue weighted by molar-refractivity contribution is -0.151. The van der Waals surface area contributed by atoms with E-state index in [1.165, 1.54) is 5.56 Å². The standard InChI is InChI=1S/C29H40N4O4/c1-36-20-7-21-37-29(35)26(22-8-3-2-4-9-22)33-18-14-24(15-19-33)28(34)31-17-6-11-25-13-12-23-10-5-16-30-27(23)32-25/h2-4,8-9,12-13,24,26H,5-7,10-11,14-21H2,1H3,(H,30,32)(H,31,34). The Kier molecular flexibility index (Phi) is 10.3. The summed E-state index contributed by atoms with van der Waals surface area (Å²) in [6.45, 7) is 3.89. The predicted molar refractivity (Wildman–Crippen MR) is 143 cm³/mol. The van der Waals surface area contributed by atoms with Gasteiger partial charge in [0.1, 0.15) is 11.9 Å². The van der Waals surface area contributed by atoms with Crippen LogP contribution in [0, 0.1) is 5.92 Å². The number of likely N-dealkylation sites (tertiary alicyclic amines) is 1. The average molecular weight is 509 g/mol. The molecule has 3 heterocycles. The van der Waals surface area contributed by atoms with Gasteiger partial charge in [0.05, 0.1) is 6.61 Å². The molecule has 200 valence electrons. The summed E-state index contributed by atoms with van der Waals surface area (Å²) in [6, 6.07) is 13.6. The number of pyridine rings is 1. The monoisotopic (exact) mass is 508 g/mol. The lowest BCUT2D eigenvalue weighted by atomic mass is 9.93. The molecule has 2 aliphatic heterocycles. The number of piperidine rings is 1. The molecule has 0 bridgehead atoms. The topological polar surface area (TPSA) is 92.8 Å². The SMILES string of the molecule is COCCCOC(=O)C(c1ccccc1)N1CCC(C(=O)NCCCc2ccc3c(n2)NCCC3)CC1. The molecule has 1 fully saturated rings. The number of carbonyl (C=O) groups is 2. The van der Waals surface area contributed by atoms with Crippen molar-refractivity contribution in [2.24, 2.45) is 5.92 Å². The van der Waals surface area contributed by atoms with Crippen molar-refractivity contribution < 1.29 is 19.1 Å². The molecule has 1 amide bonds. The van der Waals surface area contributed by atoms with Gasteiger partial charge in [-0.1, -0.05) is 36.4 Å². The van der Waals surface area contributed by atoms with Crippen molar-refractivity contribution in [1.82, 2.24) is 15.2 Å². The molecule has 2 N–H and O–H groups in total. The van der Waals surface area contributed by atoms with E-state index in [0.29, 0.717) is 39.3 Å². The minimum Gasteiger partial charge on any atom is -0.464 e. The molecular formula is C29H40N4O4. The molecule has 1 aromatic heterocycles. The quantitative estimate of drug-likeness (QED) is 0.335. The van der Waals surface area contributed by atoms with Gasteiger partial charge in [0, 0.05) is 57.9 Å². The van der Waals surface area contributed by atoms with Gasteiger partial charge in [-0.15, -0.1) is 0 Å². The predicted octanol–water partition coefficient (Wildman–Crippen LogP) is 3.52. The van der Waals surface area contributed by atoms with Crippen LogP contribution in [0.4, 0.5) is 5.82 Å². The first kappa shape index (κ1) is 27.1. The Balaban J connectivity index is 1.22. The van der Waals surface area contributed by atoms with E-state index in [4.69, 9.17) is 14.5 Å². The lowest BCUT2D eigenvalue weighted by Gasteiger charge is -2.36. The summed E-state index contributed by atoms with van der Waals surface area (Å²) in [7, 11) is 1.64. The van der Waals surface area contributed by atoms with E-state index in [2.05, 4.69) is 27.7 Å². The summed E-state index contributed by atoms with van der Waals surface area (Å²) in [5.41, 5.74) is 3.29. The summed E-state index contributed by atoms with van der Waals surface area (Å²) in [5.74, 6) is 0.859. The Morgan fingerprint density at radius 3 is 2.70 bits per heavy atom. The van der Waals surface area contributed by atoms with E-state index >= 15 is 0 Å². The van der Waals surface area contributed by atoms with E-state index in [1.807, 2.05) is 30.3 Å². The summed E-state index contributed by atoms with van der Waals surface area (Å²) in [5, 5.41) is 6.50. The third-order valence-electron chi connectivity index (χ3n) is 7.20. The third kappa shape index (κ3) is 7.76. The molecule has 1 atom stereocenters. The van der Waals surface area contributed by atoms with Crippen molar-refractivity contribution in [3.05, 3.63) is 59.3 Å². The molecule has 0 saturated carbocycles. The number of esters is 1. The molecule has 4 rings (SSSR count). The molecule has 1 saturated heterocycles. The Labute approximate surface area is 220 Å². The fourth-order valence-corrected chi connectivity index (χ4v) is 5.14. The van der Waals surface area contributed by atoms with Gasteiger partial charge >= 0.3 is 5.97 Å². The van der Waals surface area contributed by atoms with Crippen LogP contribution in [0.1, 0.15) is 55.0 Å². The minimum absolute atomic E-state index is 0.0310. The molecular weight excluding hydrogens is 468 g/mol. The van der Waals surface area contributed by atoms with Crippen LogP contribution in [0.3, 0.4) is 0 Å². The van der Waals surface area contributed by atoms with Crippen LogP contribution in [0.5, 0.6) is 0 Å². The summed E-state index contributed by atoms with van der Waals surface area (Å²) in [4.78, 5) is 32.7. The van der Waals surface area contributed by atoms with Crippen molar-refractivity contribution in [3.63, 3.8) is 0 Å². The zero-order chi connectivity index (χ0) is 25.9. The molecule has 2 aliphatic rings. The number of hydrogen-bond donors (Lipinski definition) is 2. The van der Waals surface area contributed by atoms with Crippen LogP contribution in [0.25, 0.3) is 0 Å². The smallest absolute Gasteiger partial charge is 0.328 e. The fraction of sp³-hybridized carbons (Fsp3) is 0.552. The number of fused-ring (bicyclic) bond motifs is 1. The van der Waals surface area contributed by atoms with Crippen molar-refractivity contribution in [2.45, 2.75) is 51.0 Å². The summed E-state index contributed by atoms with van der Waals surface area (Å²) >= 11 is 0. The highest BCUT2D eigenvalue weighted by Gasteiger charge is 2.34. The Morgan fingerprint density at radius 1 is 1.11 bits per heavy atom. The number of aromatic nitrogens is 1. The van der Waals surface area contributed by atoms with Gasteiger partial charge in [-0.25, -0.2) is 9.78 Å². The van der Waals surface area contributed by atoms with Gasteiger partial charge in [-0.2, -0.15) is 0 Å². The molecule has 0 aliphatic carbocycles. The second kappa shape index (κ2) is 14.1. The van der Waals surface area contributed by atoms with Crippen LogP contribution in [-0.2, 0) is 31.9 Å². The highest BCUT2D eigenvalue weighted by atomic mass is 16.5. The van der Waals surface area contributed by atoms with E-state index < -0.39 is 6.04 Å². The number of nitrogens with zero attached hydrogens (tertiary/aromatic N) is 2. The molecule has 8 heteroatoms. The average Bonchev–Trinajstić information content (AvgIpc) is 2.94. The summed E-state index contributed by atoms with van der Waals surface area (Å²) in [6.07, 6.45) is 6.08. The number of ether oxygens (including phenoxy) is 2. The van der Waals surface area contributed by atoms with Gasteiger partial charge in [-0.05, 0) is 55.7 Å².